The Bertz CT molecular complexity index is 1070. The Hall–Kier alpha value is -2.78. The van der Waals surface area contributed by atoms with Crippen molar-refractivity contribution in [2.75, 3.05) is 16.6 Å². The second-order valence-corrected chi connectivity index (χ2v) is 10.1. The van der Waals surface area contributed by atoms with Crippen LogP contribution in [0.3, 0.4) is 0 Å². The fourth-order valence-corrected chi connectivity index (χ4v) is 5.01. The first kappa shape index (κ1) is 24.9. The molecule has 0 bridgehead atoms. The molecular formula is C23H29ClN4O4S. The number of para-hydroxylation sites is 1. The van der Waals surface area contributed by atoms with Gasteiger partial charge in [-0.1, -0.05) is 49.1 Å². The zero-order valence-corrected chi connectivity index (χ0v) is 19.8. The fraction of sp³-hybridized carbons (Fsp3) is 0.391. The van der Waals surface area contributed by atoms with Crippen LogP contribution in [0.5, 0.6) is 0 Å². The van der Waals surface area contributed by atoms with Crippen LogP contribution in [0.25, 0.3) is 0 Å². The van der Waals surface area contributed by atoms with Gasteiger partial charge in [-0.25, -0.2) is 13.2 Å². The number of hydrogen-bond acceptors (Lipinski definition) is 4. The summed E-state index contributed by atoms with van der Waals surface area (Å²) >= 11 is 6.03. The minimum Gasteiger partial charge on any atom is -0.338 e. The molecular weight excluding hydrogens is 464 g/mol. The van der Waals surface area contributed by atoms with Crippen molar-refractivity contribution in [1.82, 2.24) is 10.6 Å². The number of amides is 3. The van der Waals surface area contributed by atoms with Crippen LogP contribution in [0.4, 0.5) is 16.2 Å². The van der Waals surface area contributed by atoms with E-state index in [1.165, 1.54) is 18.6 Å². The van der Waals surface area contributed by atoms with E-state index in [0.29, 0.717) is 18.7 Å². The highest BCUT2D eigenvalue weighted by Gasteiger charge is 2.17. The van der Waals surface area contributed by atoms with E-state index in [2.05, 4.69) is 20.7 Å². The van der Waals surface area contributed by atoms with Crippen molar-refractivity contribution >= 4 is 44.9 Å². The van der Waals surface area contributed by atoms with E-state index in [1.807, 2.05) is 0 Å². The SMILES string of the molecule is O=C(CCCNC(=O)NC1CCCCC1)Nc1cccc(S(=O)(=O)Nc2ccccc2Cl)c1. The third-order valence-electron chi connectivity index (χ3n) is 5.35. The van der Waals surface area contributed by atoms with Gasteiger partial charge >= 0.3 is 6.03 Å². The number of carbonyl (C=O) groups is 2. The molecule has 0 unspecified atom stereocenters. The lowest BCUT2D eigenvalue weighted by Crippen LogP contribution is -2.43. The van der Waals surface area contributed by atoms with E-state index < -0.39 is 10.0 Å². The van der Waals surface area contributed by atoms with Crippen molar-refractivity contribution < 1.29 is 18.0 Å². The average molecular weight is 493 g/mol. The molecule has 2 aromatic carbocycles. The molecule has 8 nitrogen and oxygen atoms in total. The van der Waals surface area contributed by atoms with Gasteiger partial charge in [-0.05, 0) is 49.6 Å². The smallest absolute Gasteiger partial charge is 0.315 e. The summed E-state index contributed by atoms with van der Waals surface area (Å²) in [6.45, 7) is 0.377. The predicted octanol–water partition coefficient (Wildman–Crippen LogP) is 4.49. The minimum atomic E-state index is -3.88. The zero-order valence-electron chi connectivity index (χ0n) is 18.3. The van der Waals surface area contributed by atoms with Crippen LogP contribution in [-0.2, 0) is 14.8 Å². The van der Waals surface area contributed by atoms with Crippen LogP contribution in [0.1, 0.15) is 44.9 Å². The van der Waals surface area contributed by atoms with E-state index >= 15 is 0 Å². The summed E-state index contributed by atoms with van der Waals surface area (Å²) in [6, 6.07) is 12.5. The quantitative estimate of drug-likeness (QED) is 0.386. The summed E-state index contributed by atoms with van der Waals surface area (Å²) in [4.78, 5) is 24.2. The molecule has 1 saturated carbocycles. The predicted molar refractivity (Wildman–Crippen MR) is 130 cm³/mol. The lowest BCUT2D eigenvalue weighted by molar-refractivity contribution is -0.116. The van der Waals surface area contributed by atoms with E-state index in [0.717, 1.165) is 25.7 Å². The lowest BCUT2D eigenvalue weighted by atomic mass is 9.96. The number of sulfonamides is 1. The van der Waals surface area contributed by atoms with Crippen LogP contribution < -0.4 is 20.7 Å². The van der Waals surface area contributed by atoms with E-state index in [1.54, 1.807) is 36.4 Å². The van der Waals surface area contributed by atoms with Crippen LogP contribution in [0.15, 0.2) is 53.4 Å². The van der Waals surface area contributed by atoms with E-state index in [9.17, 15) is 18.0 Å². The minimum absolute atomic E-state index is 0.00118. The molecule has 178 valence electrons. The second kappa shape index (κ2) is 11.9. The standard InChI is InChI=1S/C23H29ClN4O4S/c24-20-12-4-5-13-21(20)28-33(31,32)19-11-6-10-18(16-19)26-22(29)14-7-15-25-23(30)27-17-8-2-1-3-9-17/h4-6,10-13,16-17,28H,1-3,7-9,14-15H2,(H,26,29)(H2,25,27,30). The Kier molecular flexibility index (Phi) is 8.96. The summed E-state index contributed by atoms with van der Waals surface area (Å²) in [7, 11) is -3.88. The number of urea groups is 1. The molecule has 1 fully saturated rings. The van der Waals surface area contributed by atoms with Gasteiger partial charge in [0, 0.05) is 24.7 Å². The largest absolute Gasteiger partial charge is 0.338 e. The van der Waals surface area contributed by atoms with Gasteiger partial charge in [-0.3, -0.25) is 9.52 Å². The molecule has 0 aliphatic heterocycles. The fourth-order valence-electron chi connectivity index (χ4n) is 3.65. The highest BCUT2D eigenvalue weighted by Crippen LogP contribution is 2.25. The molecule has 3 rings (SSSR count). The Morgan fingerprint density at radius 2 is 1.76 bits per heavy atom. The van der Waals surface area contributed by atoms with E-state index in [-0.39, 0.29) is 40.0 Å². The molecule has 0 saturated heterocycles. The van der Waals surface area contributed by atoms with Gasteiger partial charge in [-0.2, -0.15) is 0 Å². The van der Waals surface area contributed by atoms with Gasteiger partial charge in [-0.15, -0.1) is 0 Å². The first-order valence-electron chi connectivity index (χ1n) is 11.0. The van der Waals surface area contributed by atoms with Crippen molar-refractivity contribution in [1.29, 1.82) is 0 Å². The summed E-state index contributed by atoms with van der Waals surface area (Å²) in [5.74, 6) is -0.266. The summed E-state index contributed by atoms with van der Waals surface area (Å²) in [6.07, 6.45) is 6.20. The molecule has 2 aromatic rings. The molecule has 0 radical (unpaired) electrons. The molecule has 3 amide bonds. The number of hydrogen-bond donors (Lipinski definition) is 4. The summed E-state index contributed by atoms with van der Waals surface area (Å²) in [5, 5.41) is 8.73. The number of benzene rings is 2. The third kappa shape index (κ3) is 7.94. The maximum Gasteiger partial charge on any atom is 0.315 e. The molecule has 33 heavy (non-hydrogen) atoms. The maximum atomic E-state index is 12.7. The molecule has 4 N–H and O–H groups in total. The van der Waals surface area contributed by atoms with Crippen molar-refractivity contribution in [3.8, 4) is 0 Å². The van der Waals surface area contributed by atoms with Gasteiger partial charge in [0.05, 0.1) is 15.6 Å². The Morgan fingerprint density at radius 3 is 2.52 bits per heavy atom. The lowest BCUT2D eigenvalue weighted by Gasteiger charge is -2.22. The number of nitrogens with one attached hydrogen (secondary N) is 4. The summed E-state index contributed by atoms with van der Waals surface area (Å²) < 4.78 is 27.8. The number of halogens is 1. The van der Waals surface area contributed by atoms with E-state index in [4.69, 9.17) is 11.6 Å². The van der Waals surface area contributed by atoms with Gasteiger partial charge in [0.25, 0.3) is 10.0 Å². The van der Waals surface area contributed by atoms with Gasteiger partial charge < -0.3 is 16.0 Å². The zero-order chi connectivity index (χ0) is 23.7. The normalized spacial score (nSPS) is 14.3. The summed E-state index contributed by atoms with van der Waals surface area (Å²) in [5.41, 5.74) is 0.638. The van der Waals surface area contributed by atoms with Crippen molar-refractivity contribution in [2.24, 2.45) is 0 Å². The van der Waals surface area contributed by atoms with Crippen LogP contribution >= 0.6 is 11.6 Å². The van der Waals surface area contributed by atoms with Gasteiger partial charge in [0.15, 0.2) is 0 Å². The second-order valence-electron chi connectivity index (χ2n) is 8.00. The number of anilines is 2. The topological polar surface area (TPSA) is 116 Å². The first-order chi connectivity index (χ1) is 15.8. The Labute approximate surface area is 199 Å². The van der Waals surface area contributed by atoms with Crippen molar-refractivity contribution in [3.63, 3.8) is 0 Å². The molecule has 0 spiro atoms. The third-order valence-corrected chi connectivity index (χ3v) is 7.05. The Balaban J connectivity index is 1.45. The number of carbonyl (C=O) groups excluding carboxylic acids is 2. The van der Waals surface area contributed by atoms with Crippen molar-refractivity contribution in [2.45, 2.75) is 55.9 Å². The maximum absolute atomic E-state index is 12.7. The highest BCUT2D eigenvalue weighted by molar-refractivity contribution is 7.92. The Morgan fingerprint density at radius 1 is 1.00 bits per heavy atom. The molecule has 0 heterocycles. The molecule has 1 aliphatic carbocycles. The van der Waals surface area contributed by atoms with Crippen LogP contribution in [0, 0.1) is 0 Å². The highest BCUT2D eigenvalue weighted by atomic mass is 35.5. The van der Waals surface area contributed by atoms with Gasteiger partial charge in [0.2, 0.25) is 5.91 Å². The number of rotatable bonds is 9. The van der Waals surface area contributed by atoms with Gasteiger partial charge in [0.1, 0.15) is 0 Å². The monoisotopic (exact) mass is 492 g/mol. The molecule has 10 heteroatoms. The molecule has 0 atom stereocenters. The molecule has 1 aliphatic rings. The molecule has 0 aromatic heterocycles. The van der Waals surface area contributed by atoms with Crippen LogP contribution in [-0.4, -0.2) is 32.9 Å². The van der Waals surface area contributed by atoms with Crippen molar-refractivity contribution in [3.05, 3.63) is 53.6 Å². The van der Waals surface area contributed by atoms with Crippen LogP contribution in [0.2, 0.25) is 5.02 Å². The average Bonchev–Trinajstić information content (AvgIpc) is 2.79. The first-order valence-corrected chi connectivity index (χ1v) is 12.9.